The van der Waals surface area contributed by atoms with Crippen molar-refractivity contribution in [2.75, 3.05) is 51.7 Å². The fourth-order valence-corrected chi connectivity index (χ4v) is 9.70. The number of amides is 1. The smallest absolute Gasteiger partial charge is 0.410 e. The Bertz CT molecular complexity index is 1960. The lowest BCUT2D eigenvalue weighted by Gasteiger charge is -2.46. The molecule has 9 rings (SSSR count). The highest BCUT2D eigenvalue weighted by Crippen LogP contribution is 2.51. The molecule has 2 bridgehead atoms. The summed E-state index contributed by atoms with van der Waals surface area (Å²) < 4.78 is 61.7. The van der Waals surface area contributed by atoms with Crippen LogP contribution in [0, 0.1) is 5.82 Å². The molecule has 5 aliphatic heterocycles. The molecule has 0 unspecified atom stereocenters. The Labute approximate surface area is 312 Å². The number of anilines is 1. The highest BCUT2D eigenvalue weighted by atomic mass is 35.5. The second-order valence-electron chi connectivity index (χ2n) is 16.4. The van der Waals surface area contributed by atoms with Gasteiger partial charge in [0.15, 0.2) is 12.6 Å². The molecular formula is C38H45ClF2N6O6. The van der Waals surface area contributed by atoms with E-state index in [0.29, 0.717) is 47.1 Å². The van der Waals surface area contributed by atoms with Gasteiger partial charge in [-0.3, -0.25) is 9.80 Å². The number of aromatic nitrogens is 3. The van der Waals surface area contributed by atoms with E-state index in [2.05, 4.69) is 9.80 Å². The first-order valence-corrected chi connectivity index (χ1v) is 19.1. The third-order valence-electron chi connectivity index (χ3n) is 11.7. The molecule has 6 aliphatic rings. The van der Waals surface area contributed by atoms with Gasteiger partial charge in [-0.1, -0.05) is 11.6 Å². The highest BCUT2D eigenvalue weighted by molar-refractivity contribution is 6.32. The van der Waals surface area contributed by atoms with Gasteiger partial charge >= 0.3 is 12.1 Å². The lowest BCUT2D eigenvalue weighted by atomic mass is 9.95. The monoisotopic (exact) mass is 754 g/mol. The second-order valence-corrected chi connectivity index (χ2v) is 16.8. The topological polar surface area (TPSA) is 112 Å². The minimum absolute atomic E-state index is 0.00164. The molecule has 15 heteroatoms. The Balaban J connectivity index is 1.17. The number of hydrogen-bond acceptors (Lipinski definition) is 11. The molecule has 5 fully saturated rings. The number of carbonyl (C=O) groups excluding carboxylic acids is 1. The van der Waals surface area contributed by atoms with E-state index < -0.39 is 23.1 Å². The maximum Gasteiger partial charge on any atom is 0.410 e. The van der Waals surface area contributed by atoms with Crippen LogP contribution in [0.5, 0.6) is 17.6 Å². The average molecular weight is 755 g/mol. The summed E-state index contributed by atoms with van der Waals surface area (Å²) in [5.74, 6) is 0.518. The molecule has 3 aromatic rings. The van der Waals surface area contributed by atoms with Gasteiger partial charge in [0, 0.05) is 37.2 Å². The third-order valence-corrected chi connectivity index (χ3v) is 12.0. The van der Waals surface area contributed by atoms with Gasteiger partial charge in [0.05, 0.1) is 23.7 Å². The summed E-state index contributed by atoms with van der Waals surface area (Å²) >= 11 is 6.86. The van der Waals surface area contributed by atoms with Gasteiger partial charge in [-0.05, 0) is 89.5 Å². The van der Waals surface area contributed by atoms with E-state index in [9.17, 15) is 9.18 Å². The normalized spacial score (nSPS) is 27.8. The van der Waals surface area contributed by atoms with Crippen LogP contribution >= 0.6 is 11.6 Å². The number of piperazine rings is 1. The van der Waals surface area contributed by atoms with Crippen molar-refractivity contribution in [1.29, 1.82) is 0 Å². The molecule has 284 valence electrons. The fraction of sp³-hybridized carbons (Fsp3) is 0.632. The molecule has 2 aromatic heterocycles. The van der Waals surface area contributed by atoms with Crippen molar-refractivity contribution in [2.45, 2.75) is 107 Å². The molecule has 7 heterocycles. The molecule has 12 nitrogen and oxygen atoms in total. The van der Waals surface area contributed by atoms with Crippen molar-refractivity contribution in [3.63, 3.8) is 0 Å². The first kappa shape index (κ1) is 35.0. The van der Waals surface area contributed by atoms with Gasteiger partial charge in [-0.25, -0.2) is 18.6 Å². The number of alkyl halides is 1. The average Bonchev–Trinajstić information content (AvgIpc) is 3.72. The fourth-order valence-electron chi connectivity index (χ4n) is 9.34. The van der Waals surface area contributed by atoms with Crippen LogP contribution in [0.15, 0.2) is 12.1 Å². The number of ether oxygens (including phenoxy) is 5. The van der Waals surface area contributed by atoms with Crippen molar-refractivity contribution in [3.8, 4) is 28.9 Å². The molecule has 0 spiro atoms. The summed E-state index contributed by atoms with van der Waals surface area (Å²) in [7, 11) is 1.52. The molecule has 0 N–H and O–H groups in total. The van der Waals surface area contributed by atoms with E-state index in [1.165, 1.54) is 7.11 Å². The van der Waals surface area contributed by atoms with Crippen LogP contribution in [0.1, 0.15) is 77.2 Å². The zero-order valence-corrected chi connectivity index (χ0v) is 31.3. The maximum absolute atomic E-state index is 17.4. The molecule has 53 heavy (non-hydrogen) atoms. The molecule has 1 aliphatic carbocycles. The number of pyridine rings is 1. The van der Waals surface area contributed by atoms with Crippen molar-refractivity contribution in [3.05, 3.63) is 28.5 Å². The summed E-state index contributed by atoms with van der Waals surface area (Å²) in [6.45, 7) is 7.52. The van der Waals surface area contributed by atoms with E-state index in [0.717, 1.165) is 50.6 Å². The molecule has 1 amide bonds. The van der Waals surface area contributed by atoms with Gasteiger partial charge in [-0.15, -0.1) is 0 Å². The number of fused-ring (bicyclic) bond motifs is 6. The van der Waals surface area contributed by atoms with Crippen molar-refractivity contribution < 1.29 is 37.3 Å². The summed E-state index contributed by atoms with van der Waals surface area (Å²) in [6, 6.07) is 2.73. The summed E-state index contributed by atoms with van der Waals surface area (Å²) in [5.41, 5.74) is 0.204. The van der Waals surface area contributed by atoms with Crippen LogP contribution in [0.3, 0.4) is 0 Å². The Morgan fingerprint density at radius 1 is 1.09 bits per heavy atom. The van der Waals surface area contributed by atoms with E-state index in [4.69, 9.17) is 50.2 Å². The SMILES string of the molecule is COCOc1cc(Cl)c(C2CC2)c(-c2nc3c4c(nc(OC[C@]56CCCN5C[C@@H](F)C6)nc4c2F)N2C[C@H]4CC[C@@H]([C@@H]2CO3)N4C(=O)OC(C)(C)C)c1. The van der Waals surface area contributed by atoms with E-state index in [1.807, 2.05) is 25.7 Å². The van der Waals surface area contributed by atoms with Crippen molar-refractivity contribution in [2.24, 2.45) is 0 Å². The van der Waals surface area contributed by atoms with Gasteiger partial charge in [0.2, 0.25) is 5.88 Å². The predicted molar refractivity (Wildman–Crippen MR) is 192 cm³/mol. The molecule has 1 saturated carbocycles. The number of benzene rings is 1. The minimum Gasteiger partial charge on any atom is -0.475 e. The van der Waals surface area contributed by atoms with Gasteiger partial charge < -0.3 is 28.6 Å². The van der Waals surface area contributed by atoms with E-state index in [-0.39, 0.29) is 73.2 Å². The largest absolute Gasteiger partial charge is 0.475 e. The number of nitrogens with zero attached hydrogens (tertiary/aromatic N) is 6. The first-order valence-electron chi connectivity index (χ1n) is 18.7. The number of methoxy groups -OCH3 is 1. The van der Waals surface area contributed by atoms with Crippen LogP contribution in [0.2, 0.25) is 5.02 Å². The Morgan fingerprint density at radius 3 is 2.70 bits per heavy atom. The summed E-state index contributed by atoms with van der Waals surface area (Å²) in [4.78, 5) is 34.2. The quantitative estimate of drug-likeness (QED) is 0.231. The van der Waals surface area contributed by atoms with Crippen molar-refractivity contribution in [1.82, 2.24) is 24.8 Å². The Morgan fingerprint density at radius 2 is 1.92 bits per heavy atom. The molecule has 0 radical (unpaired) electrons. The Kier molecular flexibility index (Phi) is 8.54. The van der Waals surface area contributed by atoms with Gasteiger partial charge in [-0.2, -0.15) is 9.97 Å². The number of carbonyl (C=O) groups is 1. The van der Waals surface area contributed by atoms with Crippen LogP contribution in [-0.4, -0.2) is 113 Å². The molecular weight excluding hydrogens is 710 g/mol. The highest BCUT2D eigenvalue weighted by Gasteiger charge is 2.53. The van der Waals surface area contributed by atoms with E-state index in [1.54, 1.807) is 12.1 Å². The molecule has 4 saturated heterocycles. The summed E-state index contributed by atoms with van der Waals surface area (Å²) in [5, 5.41) is 0.789. The van der Waals surface area contributed by atoms with Crippen LogP contribution in [0.4, 0.5) is 19.4 Å². The van der Waals surface area contributed by atoms with Crippen LogP contribution in [0.25, 0.3) is 22.2 Å². The maximum atomic E-state index is 17.4. The first-order chi connectivity index (χ1) is 25.4. The number of hydrogen-bond donors (Lipinski definition) is 0. The predicted octanol–water partition coefficient (Wildman–Crippen LogP) is 6.65. The third kappa shape index (κ3) is 6.08. The van der Waals surface area contributed by atoms with Crippen LogP contribution in [-0.2, 0) is 9.47 Å². The molecule has 1 aromatic carbocycles. The number of halogens is 3. The molecule has 5 atom stereocenters. The Hall–Kier alpha value is -3.75. The lowest BCUT2D eigenvalue weighted by molar-refractivity contribution is 0.00537. The standard InChI is InChI=1S/C38H45ClF2N6O6/c1-37(2,3)53-36(48)47-22-8-9-26(47)27-17-50-34-29-32(30(41)31(42-34)24-12-23(52-19-49-4)13-25(39)28(24)20-6-7-20)43-35(44-33(29)46(27)16-22)51-18-38-10-5-11-45(38)15-21(40)14-38/h12-13,20-22,26-27H,5-11,14-19H2,1-4H3/t21-,22+,26-,27-,38+/m0/s1. The van der Waals surface area contributed by atoms with Gasteiger partial charge in [0.25, 0.3) is 0 Å². The zero-order valence-electron chi connectivity index (χ0n) is 30.5. The number of rotatable bonds is 8. The lowest BCUT2D eigenvalue weighted by Crippen LogP contribution is -2.63. The second kappa shape index (κ2) is 12.9. The summed E-state index contributed by atoms with van der Waals surface area (Å²) in [6.07, 6.45) is 4.20. The minimum atomic E-state index is -0.930. The van der Waals surface area contributed by atoms with E-state index >= 15 is 4.39 Å². The zero-order chi connectivity index (χ0) is 36.8. The van der Waals surface area contributed by atoms with Gasteiger partial charge in [0.1, 0.15) is 53.2 Å². The van der Waals surface area contributed by atoms with Crippen molar-refractivity contribution >= 4 is 34.4 Å². The van der Waals surface area contributed by atoms with Crippen LogP contribution < -0.4 is 19.1 Å².